The van der Waals surface area contributed by atoms with Crippen LogP contribution in [0.4, 0.5) is 0 Å². The number of alkyl halides is 1. The Morgan fingerprint density at radius 2 is 1.05 bits per heavy atom. The fourth-order valence-corrected chi connectivity index (χ4v) is 3.41. The summed E-state index contributed by atoms with van der Waals surface area (Å²) >= 11 is 3.63. The maximum Gasteiger partial charge on any atom is 0.00830 e. The van der Waals surface area contributed by atoms with Crippen molar-refractivity contribution >= 4 is 15.9 Å². The Labute approximate surface area is 130 Å². The predicted molar refractivity (Wildman–Crippen MR) is 93.0 cm³/mol. The fourth-order valence-electron chi connectivity index (χ4n) is 3.22. The van der Waals surface area contributed by atoms with E-state index in [2.05, 4.69) is 90.4 Å². The van der Waals surface area contributed by atoms with Crippen molar-refractivity contribution in [1.29, 1.82) is 0 Å². The van der Waals surface area contributed by atoms with Gasteiger partial charge < -0.3 is 0 Å². The molecule has 0 bridgehead atoms. The Bertz CT molecular complexity index is 300. The highest BCUT2D eigenvalue weighted by molar-refractivity contribution is 9.09. The van der Waals surface area contributed by atoms with Crippen LogP contribution < -0.4 is 0 Å². The van der Waals surface area contributed by atoms with Crippen LogP contribution in [-0.4, -0.2) is 5.33 Å². The molecule has 0 N–H and O–H groups in total. The van der Waals surface area contributed by atoms with E-state index in [9.17, 15) is 0 Å². The van der Waals surface area contributed by atoms with E-state index in [0.717, 1.165) is 5.33 Å². The molecule has 0 spiro atoms. The van der Waals surface area contributed by atoms with E-state index in [0.29, 0.717) is 10.8 Å². The molecule has 0 rings (SSSR count). The zero-order valence-corrected chi connectivity index (χ0v) is 16.2. The Morgan fingerprint density at radius 3 is 1.37 bits per heavy atom. The molecule has 0 heterocycles. The molecule has 0 fully saturated rings. The van der Waals surface area contributed by atoms with Crippen LogP contribution in [0.2, 0.25) is 0 Å². The smallest absolute Gasteiger partial charge is 0.00830 e. The minimum Gasteiger partial charge on any atom is -0.0922 e. The molecule has 0 aliphatic carbocycles. The first-order valence-corrected chi connectivity index (χ1v) is 8.57. The fraction of sp³-hybridized carbons (Fsp3) is 0.889. The highest BCUT2D eigenvalue weighted by Crippen LogP contribution is 2.39. The van der Waals surface area contributed by atoms with Crippen molar-refractivity contribution in [3.05, 3.63) is 12.2 Å². The standard InChI is InChI=1S/C18H35Br/c1-15(2,3)12-16(4,5)10-11-17(6,7)13-18(8,9)14-19/h10-11H,12-14H2,1-9H3/b11-10-. The number of allylic oxidation sites excluding steroid dienone is 2. The minimum absolute atomic E-state index is 0.256. The molecule has 0 unspecified atom stereocenters. The number of halogens is 1. The van der Waals surface area contributed by atoms with Crippen LogP contribution in [0.25, 0.3) is 0 Å². The summed E-state index contributed by atoms with van der Waals surface area (Å²) in [6, 6.07) is 0. The lowest BCUT2D eigenvalue weighted by molar-refractivity contribution is 0.249. The molecular formula is C18H35Br. The maximum absolute atomic E-state index is 3.63. The minimum atomic E-state index is 0.256. The molecular weight excluding hydrogens is 296 g/mol. The van der Waals surface area contributed by atoms with Crippen molar-refractivity contribution < 1.29 is 0 Å². The number of rotatable bonds is 6. The molecule has 1 heteroatoms. The van der Waals surface area contributed by atoms with Gasteiger partial charge in [-0.05, 0) is 34.5 Å². The van der Waals surface area contributed by atoms with E-state index in [4.69, 9.17) is 0 Å². The second-order valence-corrected chi connectivity index (χ2v) is 10.1. The van der Waals surface area contributed by atoms with Crippen molar-refractivity contribution in [2.45, 2.75) is 75.2 Å². The van der Waals surface area contributed by atoms with Crippen LogP contribution in [0.15, 0.2) is 12.2 Å². The van der Waals surface area contributed by atoms with Crippen LogP contribution in [0, 0.1) is 21.7 Å². The van der Waals surface area contributed by atoms with E-state index in [1.807, 2.05) is 0 Å². The second-order valence-electron chi connectivity index (χ2n) is 9.52. The van der Waals surface area contributed by atoms with E-state index in [1.54, 1.807) is 0 Å². The summed E-state index contributed by atoms with van der Waals surface area (Å²) in [4.78, 5) is 0. The topological polar surface area (TPSA) is 0 Å². The Hall–Kier alpha value is 0.220. The van der Waals surface area contributed by atoms with Gasteiger partial charge in [-0.25, -0.2) is 0 Å². The molecule has 19 heavy (non-hydrogen) atoms. The average Bonchev–Trinajstić information content (AvgIpc) is 2.10. The van der Waals surface area contributed by atoms with Crippen LogP contribution in [-0.2, 0) is 0 Å². The highest BCUT2D eigenvalue weighted by Gasteiger charge is 2.28. The molecule has 0 atom stereocenters. The zero-order valence-electron chi connectivity index (χ0n) is 14.7. The summed E-state index contributed by atoms with van der Waals surface area (Å²) < 4.78 is 0. The van der Waals surface area contributed by atoms with Gasteiger partial charge in [0.25, 0.3) is 0 Å². The lowest BCUT2D eigenvalue weighted by Gasteiger charge is -2.34. The van der Waals surface area contributed by atoms with E-state index < -0.39 is 0 Å². The molecule has 0 aromatic carbocycles. The first-order chi connectivity index (χ1) is 8.18. The van der Waals surface area contributed by atoms with Crippen LogP contribution in [0.3, 0.4) is 0 Å². The molecule has 0 radical (unpaired) electrons. The van der Waals surface area contributed by atoms with Gasteiger partial charge >= 0.3 is 0 Å². The SMILES string of the molecule is CC(C)(C)CC(C)(C)/C=C\C(C)(C)CC(C)(C)CBr. The van der Waals surface area contributed by atoms with Gasteiger partial charge in [0, 0.05) is 5.33 Å². The molecule has 0 nitrogen and oxygen atoms in total. The molecule has 0 aromatic rings. The van der Waals surface area contributed by atoms with Crippen molar-refractivity contribution in [3.8, 4) is 0 Å². The largest absolute Gasteiger partial charge is 0.0922 e. The summed E-state index contributed by atoms with van der Waals surface area (Å²) in [5.41, 5.74) is 1.26. The molecule has 0 saturated carbocycles. The van der Waals surface area contributed by atoms with Crippen LogP contribution in [0.1, 0.15) is 75.2 Å². The predicted octanol–water partition coefficient (Wildman–Crippen LogP) is 6.84. The summed E-state index contributed by atoms with van der Waals surface area (Å²) in [6.07, 6.45) is 7.29. The molecule has 0 saturated heterocycles. The van der Waals surface area contributed by atoms with E-state index >= 15 is 0 Å². The van der Waals surface area contributed by atoms with Crippen LogP contribution in [0.5, 0.6) is 0 Å². The molecule has 0 aliphatic heterocycles. The number of hydrogen-bond donors (Lipinski definition) is 0. The van der Waals surface area contributed by atoms with Crippen molar-refractivity contribution in [1.82, 2.24) is 0 Å². The van der Waals surface area contributed by atoms with E-state index in [-0.39, 0.29) is 10.8 Å². The summed E-state index contributed by atoms with van der Waals surface area (Å²) in [5.74, 6) is 0. The monoisotopic (exact) mass is 330 g/mol. The Morgan fingerprint density at radius 1 is 0.684 bits per heavy atom. The maximum atomic E-state index is 3.63. The van der Waals surface area contributed by atoms with Gasteiger partial charge in [-0.15, -0.1) is 0 Å². The Balaban J connectivity index is 4.77. The second kappa shape index (κ2) is 6.33. The van der Waals surface area contributed by atoms with Crippen molar-refractivity contribution in [2.75, 3.05) is 5.33 Å². The lowest BCUT2D eigenvalue weighted by atomic mass is 9.72. The third-order valence-electron chi connectivity index (χ3n) is 3.27. The third-order valence-corrected chi connectivity index (χ3v) is 4.79. The highest BCUT2D eigenvalue weighted by atomic mass is 79.9. The van der Waals surface area contributed by atoms with Gasteiger partial charge in [0.1, 0.15) is 0 Å². The first kappa shape index (κ1) is 19.2. The molecule has 0 aliphatic rings. The summed E-state index contributed by atoms with van der Waals surface area (Å²) in [5, 5.41) is 1.06. The van der Waals surface area contributed by atoms with Crippen molar-refractivity contribution in [3.63, 3.8) is 0 Å². The third kappa shape index (κ3) is 9.71. The van der Waals surface area contributed by atoms with Crippen LogP contribution >= 0.6 is 15.9 Å². The average molecular weight is 331 g/mol. The van der Waals surface area contributed by atoms with Gasteiger partial charge in [-0.2, -0.15) is 0 Å². The van der Waals surface area contributed by atoms with Gasteiger partial charge in [-0.3, -0.25) is 0 Å². The quantitative estimate of drug-likeness (QED) is 0.369. The summed E-state index contributed by atoms with van der Waals surface area (Å²) in [7, 11) is 0. The van der Waals surface area contributed by atoms with Gasteiger partial charge in [0.15, 0.2) is 0 Å². The molecule has 0 aromatic heterocycles. The lowest BCUT2D eigenvalue weighted by Crippen LogP contribution is -2.24. The van der Waals surface area contributed by atoms with Crippen molar-refractivity contribution in [2.24, 2.45) is 21.7 Å². The van der Waals surface area contributed by atoms with Gasteiger partial charge in [-0.1, -0.05) is 90.4 Å². The van der Waals surface area contributed by atoms with Gasteiger partial charge in [0.05, 0.1) is 0 Å². The van der Waals surface area contributed by atoms with Gasteiger partial charge in [0.2, 0.25) is 0 Å². The number of hydrogen-bond acceptors (Lipinski definition) is 0. The molecule has 114 valence electrons. The normalized spacial score (nSPS) is 15.3. The Kier molecular flexibility index (Phi) is 6.40. The first-order valence-electron chi connectivity index (χ1n) is 7.45. The van der Waals surface area contributed by atoms with E-state index in [1.165, 1.54) is 12.8 Å². The zero-order chi connectivity index (χ0) is 15.5. The summed E-state index contributed by atoms with van der Waals surface area (Å²) in [6.45, 7) is 21.0. The molecule has 0 amide bonds.